The lowest BCUT2D eigenvalue weighted by Gasteiger charge is -2.14. The van der Waals surface area contributed by atoms with E-state index >= 15 is 0 Å². The van der Waals surface area contributed by atoms with Crippen LogP contribution < -0.4 is 0 Å². The van der Waals surface area contributed by atoms with E-state index in [1.165, 1.54) is 54.2 Å². The van der Waals surface area contributed by atoms with Crippen molar-refractivity contribution in [1.29, 1.82) is 0 Å². The molecule has 0 radical (unpaired) electrons. The first-order chi connectivity index (χ1) is 13.3. The maximum atomic E-state index is 3.60. The second kappa shape index (κ2) is 5.55. The zero-order valence-corrected chi connectivity index (χ0v) is 16.1. The summed E-state index contributed by atoms with van der Waals surface area (Å²) in [5.41, 5.74) is 2.56. The molecule has 0 aliphatic carbocycles. The van der Waals surface area contributed by atoms with E-state index in [0.29, 0.717) is 0 Å². The number of fused-ring (bicyclic) bond motifs is 1. The Bertz CT molecular complexity index is 1460. The molecule has 0 aromatic heterocycles. The summed E-state index contributed by atoms with van der Waals surface area (Å²) in [6, 6.07) is 33.3. The quantitative estimate of drug-likeness (QED) is 0.241. The first-order valence-corrected chi connectivity index (χ1v) is 9.93. The van der Waals surface area contributed by atoms with Gasteiger partial charge >= 0.3 is 0 Å². The molecule has 0 amide bonds. The Kier molecular flexibility index (Phi) is 3.12. The highest BCUT2D eigenvalue weighted by molar-refractivity contribution is 9.10. The van der Waals surface area contributed by atoms with Gasteiger partial charge in [-0.3, -0.25) is 0 Å². The normalized spacial score (nSPS) is 11.9. The average Bonchev–Trinajstić information content (AvgIpc) is 2.71. The van der Waals surface area contributed by atoms with Crippen LogP contribution in [0.25, 0.3) is 54.2 Å². The molecule has 0 bridgehead atoms. The summed E-state index contributed by atoms with van der Waals surface area (Å²) < 4.78 is 1.11. The lowest BCUT2D eigenvalue weighted by atomic mass is 9.89. The molecule has 126 valence electrons. The van der Waals surface area contributed by atoms with Gasteiger partial charge in [0.15, 0.2) is 0 Å². The molecule has 1 heteroatoms. The minimum Gasteiger partial charge on any atom is -0.0610 e. The largest absolute Gasteiger partial charge is 0.0610 e. The second-order valence-electron chi connectivity index (χ2n) is 7.18. The Labute approximate surface area is 165 Å². The Hall–Kier alpha value is -2.90. The zero-order chi connectivity index (χ0) is 18.0. The molecule has 0 atom stereocenters. The van der Waals surface area contributed by atoms with Crippen molar-refractivity contribution < 1.29 is 0 Å². The number of benzene rings is 6. The maximum absolute atomic E-state index is 3.60. The van der Waals surface area contributed by atoms with Crippen LogP contribution in [0.15, 0.2) is 95.5 Å². The lowest BCUT2D eigenvalue weighted by molar-refractivity contribution is 1.67. The standard InChI is InChI=1S/C26H15Br/c27-22-11-8-16-4-7-20(14-21(16)15-22)23-12-9-19-6-5-17-2-1-3-18-10-13-24(23)26(19)25(17)18/h1-15H. The molecule has 6 rings (SSSR count). The molecule has 0 saturated carbocycles. The minimum absolute atomic E-state index is 1.11. The van der Waals surface area contributed by atoms with E-state index in [0.717, 1.165) is 4.47 Å². The summed E-state index contributed by atoms with van der Waals surface area (Å²) in [4.78, 5) is 0. The van der Waals surface area contributed by atoms with Gasteiger partial charge in [0.2, 0.25) is 0 Å². The third-order valence-electron chi connectivity index (χ3n) is 5.64. The molecule has 27 heavy (non-hydrogen) atoms. The molecule has 0 N–H and O–H groups in total. The van der Waals surface area contributed by atoms with Gasteiger partial charge < -0.3 is 0 Å². The van der Waals surface area contributed by atoms with Crippen LogP contribution in [-0.2, 0) is 0 Å². The van der Waals surface area contributed by atoms with Crippen LogP contribution in [0, 0.1) is 0 Å². The Morgan fingerprint density at radius 2 is 1.15 bits per heavy atom. The fourth-order valence-electron chi connectivity index (χ4n) is 4.37. The van der Waals surface area contributed by atoms with Crippen molar-refractivity contribution in [3.8, 4) is 11.1 Å². The van der Waals surface area contributed by atoms with E-state index in [1.54, 1.807) is 0 Å². The average molecular weight is 407 g/mol. The zero-order valence-electron chi connectivity index (χ0n) is 14.5. The van der Waals surface area contributed by atoms with E-state index < -0.39 is 0 Å². The van der Waals surface area contributed by atoms with Crippen molar-refractivity contribution in [3.63, 3.8) is 0 Å². The van der Waals surface area contributed by atoms with Gasteiger partial charge in [0.1, 0.15) is 0 Å². The second-order valence-corrected chi connectivity index (χ2v) is 8.09. The summed E-state index contributed by atoms with van der Waals surface area (Å²) in [7, 11) is 0. The highest BCUT2D eigenvalue weighted by Gasteiger charge is 2.12. The Balaban J connectivity index is 1.73. The van der Waals surface area contributed by atoms with Crippen molar-refractivity contribution in [3.05, 3.63) is 95.5 Å². The third kappa shape index (κ3) is 2.22. The van der Waals surface area contributed by atoms with Crippen molar-refractivity contribution in [1.82, 2.24) is 0 Å². The van der Waals surface area contributed by atoms with Crippen LogP contribution in [0.5, 0.6) is 0 Å². The van der Waals surface area contributed by atoms with Crippen molar-refractivity contribution in [2.24, 2.45) is 0 Å². The van der Waals surface area contributed by atoms with Crippen LogP contribution in [0.4, 0.5) is 0 Å². The minimum atomic E-state index is 1.11. The molecule has 0 spiro atoms. The number of halogens is 1. The molecular formula is C26H15Br. The monoisotopic (exact) mass is 406 g/mol. The highest BCUT2D eigenvalue weighted by Crippen LogP contribution is 2.39. The lowest BCUT2D eigenvalue weighted by Crippen LogP contribution is -1.87. The van der Waals surface area contributed by atoms with Gasteiger partial charge in [-0.15, -0.1) is 0 Å². The van der Waals surface area contributed by atoms with Crippen LogP contribution in [-0.4, -0.2) is 0 Å². The molecule has 0 heterocycles. The summed E-state index contributed by atoms with van der Waals surface area (Å²) in [6.07, 6.45) is 0. The Morgan fingerprint density at radius 1 is 0.481 bits per heavy atom. The SMILES string of the molecule is Brc1ccc2ccc(-c3ccc4ccc5cccc6ccc3c4c56)cc2c1. The molecule has 0 aliphatic heterocycles. The fraction of sp³-hybridized carbons (Fsp3) is 0. The summed E-state index contributed by atoms with van der Waals surface area (Å²) in [5, 5.41) is 10.5. The molecular weight excluding hydrogens is 392 g/mol. The summed E-state index contributed by atoms with van der Waals surface area (Å²) in [5.74, 6) is 0. The van der Waals surface area contributed by atoms with E-state index in [-0.39, 0.29) is 0 Å². The number of hydrogen-bond donors (Lipinski definition) is 0. The predicted molar refractivity (Wildman–Crippen MR) is 121 cm³/mol. The highest BCUT2D eigenvalue weighted by atomic mass is 79.9. The molecule has 6 aromatic carbocycles. The van der Waals surface area contributed by atoms with Crippen molar-refractivity contribution in [2.45, 2.75) is 0 Å². The summed E-state index contributed by atoms with van der Waals surface area (Å²) >= 11 is 3.60. The topological polar surface area (TPSA) is 0 Å². The van der Waals surface area contributed by atoms with Crippen molar-refractivity contribution in [2.75, 3.05) is 0 Å². The first-order valence-electron chi connectivity index (χ1n) is 9.14. The van der Waals surface area contributed by atoms with Crippen molar-refractivity contribution >= 4 is 59.0 Å². The van der Waals surface area contributed by atoms with Crippen LogP contribution in [0.3, 0.4) is 0 Å². The smallest absolute Gasteiger partial charge is 0.0181 e. The Morgan fingerprint density at radius 3 is 2.00 bits per heavy atom. The first kappa shape index (κ1) is 15.2. The summed E-state index contributed by atoms with van der Waals surface area (Å²) in [6.45, 7) is 0. The predicted octanol–water partition coefficient (Wildman–Crippen LogP) is 8.17. The van der Waals surface area contributed by atoms with E-state index in [2.05, 4.69) is 107 Å². The molecule has 0 saturated heterocycles. The molecule has 0 nitrogen and oxygen atoms in total. The third-order valence-corrected chi connectivity index (χ3v) is 6.14. The van der Waals surface area contributed by atoms with Gasteiger partial charge in [-0.05, 0) is 72.4 Å². The van der Waals surface area contributed by atoms with E-state index in [1.807, 2.05) is 0 Å². The van der Waals surface area contributed by atoms with E-state index in [9.17, 15) is 0 Å². The number of rotatable bonds is 1. The van der Waals surface area contributed by atoms with Gasteiger partial charge in [-0.2, -0.15) is 0 Å². The van der Waals surface area contributed by atoms with Gasteiger partial charge in [0, 0.05) is 4.47 Å². The van der Waals surface area contributed by atoms with Crippen LogP contribution in [0.2, 0.25) is 0 Å². The van der Waals surface area contributed by atoms with Gasteiger partial charge in [0.05, 0.1) is 0 Å². The number of hydrogen-bond acceptors (Lipinski definition) is 0. The molecule has 6 aromatic rings. The molecule has 0 unspecified atom stereocenters. The molecule has 0 aliphatic rings. The van der Waals surface area contributed by atoms with Gasteiger partial charge in [-0.25, -0.2) is 0 Å². The van der Waals surface area contributed by atoms with Crippen LogP contribution in [0.1, 0.15) is 0 Å². The van der Waals surface area contributed by atoms with E-state index in [4.69, 9.17) is 0 Å². The van der Waals surface area contributed by atoms with Gasteiger partial charge in [-0.1, -0.05) is 88.7 Å². The van der Waals surface area contributed by atoms with Crippen LogP contribution >= 0.6 is 15.9 Å². The fourth-order valence-corrected chi connectivity index (χ4v) is 4.75. The maximum Gasteiger partial charge on any atom is 0.0181 e. The van der Waals surface area contributed by atoms with Gasteiger partial charge in [0.25, 0.3) is 0 Å². The molecule has 0 fully saturated rings.